The number of primary amides is 1. The number of allylic oxidation sites excluding steroid dienone is 2. The van der Waals surface area contributed by atoms with Gasteiger partial charge in [-0.25, -0.2) is 4.79 Å². The molecule has 1 amide bonds. The maximum atomic E-state index is 13.4. The van der Waals surface area contributed by atoms with Crippen LogP contribution in [0.15, 0.2) is 34.7 Å². The number of amides is 1. The summed E-state index contributed by atoms with van der Waals surface area (Å²) in [5, 5.41) is 6.36. The van der Waals surface area contributed by atoms with Crippen LogP contribution < -0.4 is 16.4 Å². The largest absolute Gasteiger partial charge is 0.449 e. The Balaban J connectivity index is 1.77. The van der Waals surface area contributed by atoms with Gasteiger partial charge in [0.1, 0.15) is 6.61 Å². The van der Waals surface area contributed by atoms with Gasteiger partial charge in [-0.15, -0.1) is 0 Å². The summed E-state index contributed by atoms with van der Waals surface area (Å²) in [6.07, 6.45) is -0.938. The number of methoxy groups -OCH3 is 1. The molecular formula is C19H24N4O5. The molecule has 3 aliphatic heterocycles. The Labute approximate surface area is 162 Å². The second-order valence-corrected chi connectivity index (χ2v) is 7.73. The molecule has 4 atom stereocenters. The minimum atomic E-state index is -0.958. The van der Waals surface area contributed by atoms with E-state index in [2.05, 4.69) is 17.2 Å². The molecule has 4 rings (SSSR count). The molecule has 9 nitrogen and oxygen atoms in total. The molecule has 0 radical (unpaired) electrons. The molecule has 9 heteroatoms. The lowest BCUT2D eigenvalue weighted by Crippen LogP contribution is -2.55. The number of hydrogen-bond acceptors (Lipinski definition) is 8. The standard InChI is InChI=1S/C19H24N4O5/c1-8(2)5-21-13-9(3)15(24)14-12(16(13)25)10(7-28-18(20)26)19(27-4)17-11(22-17)6-23(14)19/h10-11,17,21-22H,1,5-7H2,2-4H3,(H2,20,26)/t10-,11+,17+,19?/m0/s1. The van der Waals surface area contributed by atoms with E-state index in [1.807, 2.05) is 11.8 Å². The summed E-state index contributed by atoms with van der Waals surface area (Å²) in [6, 6.07) is 0.109. The fourth-order valence-electron chi connectivity index (χ4n) is 4.74. The van der Waals surface area contributed by atoms with E-state index in [1.54, 1.807) is 14.0 Å². The van der Waals surface area contributed by atoms with Gasteiger partial charge in [0, 0.05) is 37.4 Å². The number of ketones is 2. The number of carbonyl (C=O) groups is 3. The van der Waals surface area contributed by atoms with Crippen LogP contribution in [-0.4, -0.2) is 67.2 Å². The van der Waals surface area contributed by atoms with Crippen LogP contribution >= 0.6 is 0 Å². The number of rotatable bonds is 6. The minimum absolute atomic E-state index is 0.0580. The number of ether oxygens (including phenoxy) is 2. The highest BCUT2D eigenvalue weighted by Gasteiger charge is 2.72. The number of carbonyl (C=O) groups excluding carboxylic acids is 3. The SMILES string of the molecule is C=C(C)CNC1=C(C)C(=O)C2=C(C1=O)[C@H](COC(N)=O)C1(OC)[C@@H]3N[C@@H]3CN21. The van der Waals surface area contributed by atoms with Gasteiger partial charge in [0.2, 0.25) is 11.6 Å². The third-order valence-corrected chi connectivity index (χ3v) is 5.99. The number of nitrogens with one attached hydrogen (secondary N) is 2. The third kappa shape index (κ3) is 2.36. The average molecular weight is 388 g/mol. The topological polar surface area (TPSA) is 133 Å². The number of Topliss-reactive ketones (excluding diaryl/α,β-unsaturated/α-hetero) is 2. The summed E-state index contributed by atoms with van der Waals surface area (Å²) < 4.78 is 11.0. The van der Waals surface area contributed by atoms with E-state index < -0.39 is 17.7 Å². The zero-order valence-corrected chi connectivity index (χ0v) is 16.1. The second kappa shape index (κ2) is 6.18. The van der Waals surface area contributed by atoms with Gasteiger partial charge in [-0.1, -0.05) is 12.2 Å². The molecule has 2 saturated heterocycles. The number of hydrogen-bond donors (Lipinski definition) is 3. The molecule has 3 heterocycles. The smallest absolute Gasteiger partial charge is 0.404 e. The maximum absolute atomic E-state index is 13.4. The highest BCUT2D eigenvalue weighted by Crippen LogP contribution is 2.55. The van der Waals surface area contributed by atoms with Gasteiger partial charge in [0.25, 0.3) is 0 Å². The van der Waals surface area contributed by atoms with Crippen LogP contribution in [0, 0.1) is 5.92 Å². The van der Waals surface area contributed by atoms with Crippen LogP contribution in [0.5, 0.6) is 0 Å². The summed E-state index contributed by atoms with van der Waals surface area (Å²) in [6.45, 7) is 8.07. The predicted octanol–water partition coefficient (Wildman–Crippen LogP) is -0.444. The van der Waals surface area contributed by atoms with Gasteiger partial charge in [0.05, 0.1) is 23.4 Å². The van der Waals surface area contributed by atoms with Crippen LogP contribution in [0.2, 0.25) is 0 Å². The highest BCUT2D eigenvalue weighted by atomic mass is 16.6. The van der Waals surface area contributed by atoms with Gasteiger partial charge < -0.3 is 30.7 Å². The monoisotopic (exact) mass is 388 g/mol. The van der Waals surface area contributed by atoms with Crippen molar-refractivity contribution in [3.63, 3.8) is 0 Å². The highest BCUT2D eigenvalue weighted by molar-refractivity contribution is 6.25. The van der Waals surface area contributed by atoms with Crippen molar-refractivity contribution in [1.29, 1.82) is 0 Å². The molecule has 1 unspecified atom stereocenters. The van der Waals surface area contributed by atoms with Gasteiger partial charge >= 0.3 is 6.09 Å². The Hall–Kier alpha value is -2.65. The fraction of sp³-hybridized carbons (Fsp3) is 0.526. The normalized spacial score (nSPS) is 33.0. The van der Waals surface area contributed by atoms with Crippen molar-refractivity contribution in [1.82, 2.24) is 15.5 Å². The van der Waals surface area contributed by atoms with E-state index in [0.29, 0.717) is 29.9 Å². The van der Waals surface area contributed by atoms with Crippen LogP contribution in [-0.2, 0) is 19.1 Å². The van der Waals surface area contributed by atoms with Crippen molar-refractivity contribution in [2.24, 2.45) is 11.7 Å². The van der Waals surface area contributed by atoms with Crippen LogP contribution in [0.4, 0.5) is 4.79 Å². The minimum Gasteiger partial charge on any atom is -0.449 e. The lowest BCUT2D eigenvalue weighted by Gasteiger charge is -2.39. The van der Waals surface area contributed by atoms with Crippen molar-refractivity contribution in [2.75, 3.05) is 26.8 Å². The Bertz CT molecular complexity index is 876. The van der Waals surface area contributed by atoms with Crippen LogP contribution in [0.1, 0.15) is 13.8 Å². The lowest BCUT2D eigenvalue weighted by atomic mass is 9.82. The zero-order chi connectivity index (χ0) is 20.4. The molecule has 0 bridgehead atoms. The lowest BCUT2D eigenvalue weighted by molar-refractivity contribution is -0.137. The number of nitrogens with zero attached hydrogens (tertiary/aromatic N) is 1. The average Bonchev–Trinajstić information content (AvgIpc) is 3.24. The van der Waals surface area contributed by atoms with Crippen LogP contribution in [0.3, 0.4) is 0 Å². The van der Waals surface area contributed by atoms with Crippen molar-refractivity contribution in [3.8, 4) is 0 Å². The van der Waals surface area contributed by atoms with Gasteiger partial charge in [-0.05, 0) is 13.8 Å². The van der Waals surface area contributed by atoms with E-state index in [4.69, 9.17) is 15.2 Å². The molecule has 28 heavy (non-hydrogen) atoms. The molecule has 0 aromatic carbocycles. The zero-order valence-electron chi connectivity index (χ0n) is 16.1. The van der Waals surface area contributed by atoms with Gasteiger partial charge in [-0.2, -0.15) is 0 Å². The van der Waals surface area contributed by atoms with E-state index in [1.165, 1.54) is 0 Å². The molecule has 150 valence electrons. The first kappa shape index (κ1) is 18.7. The quantitative estimate of drug-likeness (QED) is 0.317. The molecule has 2 fully saturated rings. The second-order valence-electron chi connectivity index (χ2n) is 7.73. The Kier molecular flexibility index (Phi) is 4.13. The number of nitrogens with two attached hydrogens (primary N) is 1. The molecule has 0 aromatic heterocycles. The summed E-state index contributed by atoms with van der Waals surface area (Å²) in [5.41, 5.74) is 6.32. The summed E-state index contributed by atoms with van der Waals surface area (Å²) in [5.74, 6) is -1.13. The van der Waals surface area contributed by atoms with Crippen molar-refractivity contribution < 1.29 is 23.9 Å². The molecular weight excluding hydrogens is 364 g/mol. The molecule has 0 saturated carbocycles. The first-order valence-corrected chi connectivity index (χ1v) is 9.17. The first-order chi connectivity index (χ1) is 13.2. The Morgan fingerprint density at radius 2 is 2.14 bits per heavy atom. The van der Waals surface area contributed by atoms with E-state index in [9.17, 15) is 14.4 Å². The molecule has 4 N–H and O–H groups in total. The number of fused-ring (bicyclic) bond motifs is 4. The first-order valence-electron chi connectivity index (χ1n) is 9.17. The predicted molar refractivity (Wildman–Crippen MR) is 98.7 cm³/mol. The fourth-order valence-corrected chi connectivity index (χ4v) is 4.74. The van der Waals surface area contributed by atoms with Gasteiger partial charge in [-0.3, -0.25) is 9.59 Å². The molecule has 0 aromatic rings. The van der Waals surface area contributed by atoms with Crippen molar-refractivity contribution >= 4 is 17.7 Å². The molecule has 0 spiro atoms. The molecule has 1 aliphatic carbocycles. The van der Waals surface area contributed by atoms with E-state index >= 15 is 0 Å². The third-order valence-electron chi connectivity index (χ3n) is 5.99. The summed E-state index contributed by atoms with van der Waals surface area (Å²) in [7, 11) is 1.54. The summed E-state index contributed by atoms with van der Waals surface area (Å²) in [4.78, 5) is 39.8. The van der Waals surface area contributed by atoms with Gasteiger partial charge in [0.15, 0.2) is 5.72 Å². The van der Waals surface area contributed by atoms with Crippen LogP contribution in [0.25, 0.3) is 0 Å². The van der Waals surface area contributed by atoms with Crippen molar-refractivity contribution in [3.05, 3.63) is 34.7 Å². The Morgan fingerprint density at radius 3 is 2.75 bits per heavy atom. The van der Waals surface area contributed by atoms with E-state index in [-0.39, 0.29) is 36.0 Å². The maximum Gasteiger partial charge on any atom is 0.404 e. The molecule has 4 aliphatic rings. The van der Waals surface area contributed by atoms with E-state index in [0.717, 1.165) is 5.57 Å². The Morgan fingerprint density at radius 1 is 1.43 bits per heavy atom. The number of piperazine rings is 1. The summed E-state index contributed by atoms with van der Waals surface area (Å²) >= 11 is 0. The van der Waals surface area contributed by atoms with Crippen molar-refractivity contribution in [2.45, 2.75) is 31.7 Å².